The Kier molecular flexibility index (Phi) is 15.7. The molecule has 0 aliphatic carbocycles. The quantitative estimate of drug-likeness (QED) is 0.213. The lowest BCUT2D eigenvalue weighted by Gasteiger charge is -2.08. The second-order valence-electron chi connectivity index (χ2n) is 6.19. The standard InChI is InChI=1S/C22H35NO6/c1-3-5-10-23-21-8-6-20(7-9-21)22(24)29-19-18-28-17-16-27-15-14-26-13-12-25-11-4-2/h4,6-9,23H,2-3,5,10-19H2,1H3. The second kappa shape index (κ2) is 18.1. The van der Waals surface area contributed by atoms with Crippen molar-refractivity contribution in [2.75, 3.05) is 71.3 Å². The van der Waals surface area contributed by atoms with Gasteiger partial charge in [-0.1, -0.05) is 19.4 Å². The summed E-state index contributed by atoms with van der Waals surface area (Å²) in [5.41, 5.74) is 1.54. The van der Waals surface area contributed by atoms with Gasteiger partial charge in [0, 0.05) is 12.2 Å². The summed E-state index contributed by atoms with van der Waals surface area (Å²) in [6.07, 6.45) is 3.97. The van der Waals surface area contributed by atoms with Crippen LogP contribution in [0.2, 0.25) is 0 Å². The van der Waals surface area contributed by atoms with Crippen LogP contribution in [0.15, 0.2) is 36.9 Å². The molecule has 164 valence electrons. The normalized spacial score (nSPS) is 10.7. The maximum Gasteiger partial charge on any atom is 0.338 e. The second-order valence-corrected chi connectivity index (χ2v) is 6.19. The number of anilines is 1. The van der Waals surface area contributed by atoms with Crippen molar-refractivity contribution in [1.82, 2.24) is 0 Å². The van der Waals surface area contributed by atoms with Crippen molar-refractivity contribution in [3.8, 4) is 0 Å². The Balaban J connectivity index is 1.94. The summed E-state index contributed by atoms with van der Waals surface area (Å²) >= 11 is 0. The van der Waals surface area contributed by atoms with E-state index in [1.807, 2.05) is 12.1 Å². The van der Waals surface area contributed by atoms with E-state index in [1.165, 1.54) is 0 Å². The summed E-state index contributed by atoms with van der Waals surface area (Å²) in [6.45, 7) is 10.8. The van der Waals surface area contributed by atoms with Gasteiger partial charge in [0.1, 0.15) is 6.61 Å². The molecule has 7 heteroatoms. The van der Waals surface area contributed by atoms with Crippen molar-refractivity contribution in [2.24, 2.45) is 0 Å². The molecule has 1 N–H and O–H groups in total. The van der Waals surface area contributed by atoms with E-state index in [-0.39, 0.29) is 12.6 Å². The van der Waals surface area contributed by atoms with Gasteiger partial charge in [0.2, 0.25) is 0 Å². The number of nitrogens with one attached hydrogen (secondary N) is 1. The highest BCUT2D eigenvalue weighted by Gasteiger charge is 2.06. The zero-order valence-corrected chi connectivity index (χ0v) is 17.5. The van der Waals surface area contributed by atoms with Gasteiger partial charge in [-0.15, -0.1) is 6.58 Å². The molecule has 0 aliphatic rings. The number of ether oxygens (including phenoxy) is 5. The first-order chi connectivity index (χ1) is 14.3. The first kappa shape index (κ1) is 25.1. The first-order valence-electron chi connectivity index (χ1n) is 10.2. The summed E-state index contributed by atoms with van der Waals surface area (Å²) in [4.78, 5) is 12.0. The summed E-state index contributed by atoms with van der Waals surface area (Å²) in [6, 6.07) is 7.30. The molecule has 0 radical (unpaired) electrons. The number of esters is 1. The molecule has 0 amide bonds. The van der Waals surface area contributed by atoms with Gasteiger partial charge in [-0.25, -0.2) is 4.79 Å². The zero-order chi connectivity index (χ0) is 21.0. The lowest BCUT2D eigenvalue weighted by atomic mass is 10.2. The van der Waals surface area contributed by atoms with Crippen LogP contribution in [0.5, 0.6) is 0 Å². The molecule has 0 spiro atoms. The van der Waals surface area contributed by atoms with Gasteiger partial charge in [0.05, 0.1) is 58.4 Å². The fourth-order valence-corrected chi connectivity index (χ4v) is 2.24. The van der Waals surface area contributed by atoms with Gasteiger partial charge in [0.15, 0.2) is 0 Å². The van der Waals surface area contributed by atoms with Crippen molar-refractivity contribution >= 4 is 11.7 Å². The molecule has 0 atom stereocenters. The fraction of sp³-hybridized carbons (Fsp3) is 0.591. The Bertz CT molecular complexity index is 535. The smallest absolute Gasteiger partial charge is 0.338 e. The molecule has 0 bridgehead atoms. The molecule has 1 aromatic rings. The molecule has 0 unspecified atom stereocenters. The SMILES string of the molecule is C=CCOCCOCCOCCOCCOC(=O)c1ccc(NCCCC)cc1. The lowest BCUT2D eigenvalue weighted by Crippen LogP contribution is -2.14. The van der Waals surface area contributed by atoms with Gasteiger partial charge in [-0.2, -0.15) is 0 Å². The third-order valence-corrected chi connectivity index (χ3v) is 3.79. The van der Waals surface area contributed by atoms with Crippen LogP contribution in [0, 0.1) is 0 Å². The van der Waals surface area contributed by atoms with E-state index < -0.39 is 0 Å². The van der Waals surface area contributed by atoms with Crippen LogP contribution in [-0.4, -0.2) is 72.0 Å². The summed E-state index contributed by atoms with van der Waals surface area (Å²) < 4.78 is 26.5. The van der Waals surface area contributed by atoms with Crippen molar-refractivity contribution in [3.63, 3.8) is 0 Å². The topological polar surface area (TPSA) is 75.2 Å². The molecule has 1 aromatic carbocycles. The van der Waals surface area contributed by atoms with Crippen LogP contribution in [0.3, 0.4) is 0 Å². The largest absolute Gasteiger partial charge is 0.460 e. The molecule has 29 heavy (non-hydrogen) atoms. The molecule has 0 fully saturated rings. The van der Waals surface area contributed by atoms with Crippen molar-refractivity contribution in [3.05, 3.63) is 42.5 Å². The van der Waals surface area contributed by atoms with Crippen LogP contribution in [0.1, 0.15) is 30.1 Å². The molecule has 0 aliphatic heterocycles. The van der Waals surface area contributed by atoms with Crippen molar-refractivity contribution in [1.29, 1.82) is 0 Å². The summed E-state index contributed by atoms with van der Waals surface area (Å²) in [7, 11) is 0. The predicted octanol–water partition coefficient (Wildman–Crippen LogP) is 3.31. The zero-order valence-electron chi connectivity index (χ0n) is 17.5. The lowest BCUT2D eigenvalue weighted by molar-refractivity contribution is -0.00719. The van der Waals surface area contributed by atoms with Crippen LogP contribution in [0.25, 0.3) is 0 Å². The van der Waals surface area contributed by atoms with E-state index >= 15 is 0 Å². The van der Waals surface area contributed by atoms with E-state index in [9.17, 15) is 4.79 Å². The molecule has 0 saturated heterocycles. The van der Waals surface area contributed by atoms with Gasteiger partial charge >= 0.3 is 5.97 Å². The molecule has 0 heterocycles. The Morgan fingerprint density at radius 3 is 2.00 bits per heavy atom. The van der Waals surface area contributed by atoms with E-state index in [2.05, 4.69) is 18.8 Å². The van der Waals surface area contributed by atoms with Crippen molar-refractivity contribution < 1.29 is 28.5 Å². The summed E-state index contributed by atoms with van der Waals surface area (Å²) in [5, 5.41) is 3.31. The Morgan fingerprint density at radius 2 is 1.45 bits per heavy atom. The van der Waals surface area contributed by atoms with Gasteiger partial charge < -0.3 is 29.0 Å². The van der Waals surface area contributed by atoms with Crippen LogP contribution in [-0.2, 0) is 23.7 Å². The average molecular weight is 410 g/mol. The van der Waals surface area contributed by atoms with E-state index in [0.29, 0.717) is 58.4 Å². The Morgan fingerprint density at radius 1 is 0.897 bits per heavy atom. The summed E-state index contributed by atoms with van der Waals surface area (Å²) in [5.74, 6) is -0.348. The minimum absolute atomic E-state index is 0.211. The Labute approximate surface area is 174 Å². The molecule has 0 aromatic heterocycles. The van der Waals surface area contributed by atoms with Gasteiger partial charge in [0.25, 0.3) is 0 Å². The van der Waals surface area contributed by atoms with Crippen LogP contribution < -0.4 is 5.32 Å². The minimum atomic E-state index is -0.348. The van der Waals surface area contributed by atoms with Crippen LogP contribution in [0.4, 0.5) is 5.69 Å². The maximum absolute atomic E-state index is 12.0. The number of benzene rings is 1. The number of carbonyl (C=O) groups is 1. The van der Waals surface area contributed by atoms with Gasteiger partial charge in [-0.3, -0.25) is 0 Å². The van der Waals surface area contributed by atoms with Crippen LogP contribution >= 0.6 is 0 Å². The molecule has 1 rings (SSSR count). The predicted molar refractivity (Wildman–Crippen MR) is 114 cm³/mol. The van der Waals surface area contributed by atoms with E-state index in [0.717, 1.165) is 25.1 Å². The minimum Gasteiger partial charge on any atom is -0.460 e. The number of hydrogen-bond acceptors (Lipinski definition) is 7. The average Bonchev–Trinajstić information content (AvgIpc) is 2.74. The number of rotatable bonds is 19. The molecule has 0 saturated carbocycles. The Hall–Kier alpha value is -1.93. The number of unbranched alkanes of at least 4 members (excludes halogenated alkanes) is 1. The number of carbonyl (C=O) groups excluding carboxylic acids is 1. The van der Waals surface area contributed by atoms with Gasteiger partial charge in [-0.05, 0) is 30.7 Å². The fourth-order valence-electron chi connectivity index (χ4n) is 2.24. The van der Waals surface area contributed by atoms with E-state index in [1.54, 1.807) is 18.2 Å². The molecule has 7 nitrogen and oxygen atoms in total. The molecular weight excluding hydrogens is 374 g/mol. The van der Waals surface area contributed by atoms with E-state index in [4.69, 9.17) is 23.7 Å². The van der Waals surface area contributed by atoms with Crippen molar-refractivity contribution in [2.45, 2.75) is 19.8 Å². The third-order valence-electron chi connectivity index (χ3n) is 3.79. The highest BCUT2D eigenvalue weighted by Crippen LogP contribution is 2.10. The molecular formula is C22H35NO6. The first-order valence-corrected chi connectivity index (χ1v) is 10.2. The third kappa shape index (κ3) is 13.8. The maximum atomic E-state index is 12.0. The highest BCUT2D eigenvalue weighted by atomic mass is 16.6. The monoisotopic (exact) mass is 409 g/mol. The highest BCUT2D eigenvalue weighted by molar-refractivity contribution is 5.89. The number of hydrogen-bond donors (Lipinski definition) is 1.